The zero-order valence-corrected chi connectivity index (χ0v) is 12.0. The fourth-order valence-electron chi connectivity index (χ4n) is 2.79. The van der Waals surface area contributed by atoms with Crippen LogP contribution in [0.5, 0.6) is 0 Å². The smallest absolute Gasteiger partial charge is 0.229 e. The van der Waals surface area contributed by atoms with Crippen molar-refractivity contribution in [3.05, 3.63) is 18.3 Å². The molecule has 0 spiro atoms. The second-order valence-electron chi connectivity index (χ2n) is 5.63. The van der Waals surface area contributed by atoms with Crippen LogP contribution in [0.2, 0.25) is 0 Å². The second kappa shape index (κ2) is 6.11. The monoisotopic (exact) mass is 288 g/mol. The van der Waals surface area contributed by atoms with Gasteiger partial charge in [0, 0.05) is 26.1 Å². The summed E-state index contributed by atoms with van der Waals surface area (Å²) in [4.78, 5) is 29.9. The number of carbonyl (C=O) groups excluding carboxylic acids is 2. The van der Waals surface area contributed by atoms with Gasteiger partial charge in [-0.3, -0.25) is 9.59 Å². The third-order valence-corrected chi connectivity index (χ3v) is 4.08. The summed E-state index contributed by atoms with van der Waals surface area (Å²) >= 11 is 0. The average molecular weight is 288 g/mol. The van der Waals surface area contributed by atoms with Gasteiger partial charge in [0.15, 0.2) is 0 Å². The number of anilines is 2. The van der Waals surface area contributed by atoms with Crippen molar-refractivity contribution in [2.45, 2.75) is 25.7 Å². The number of pyridine rings is 1. The molecule has 0 aromatic carbocycles. The minimum Gasteiger partial charge on any atom is -0.357 e. The molecule has 1 aromatic rings. The topological polar surface area (TPSA) is 74.3 Å². The van der Waals surface area contributed by atoms with E-state index >= 15 is 0 Å². The Morgan fingerprint density at radius 3 is 2.76 bits per heavy atom. The Balaban J connectivity index is 1.57. The maximum absolute atomic E-state index is 12.1. The Bertz CT molecular complexity index is 513. The van der Waals surface area contributed by atoms with Gasteiger partial charge in [-0.15, -0.1) is 0 Å². The molecule has 6 heteroatoms. The first-order valence-electron chi connectivity index (χ1n) is 7.51. The number of aromatic nitrogens is 1. The summed E-state index contributed by atoms with van der Waals surface area (Å²) < 4.78 is 0. The van der Waals surface area contributed by atoms with Gasteiger partial charge in [0.25, 0.3) is 0 Å². The van der Waals surface area contributed by atoms with Crippen molar-refractivity contribution in [2.24, 2.45) is 5.92 Å². The maximum atomic E-state index is 12.1. The molecule has 2 aliphatic heterocycles. The van der Waals surface area contributed by atoms with Gasteiger partial charge in [-0.05, 0) is 31.4 Å². The molecule has 2 saturated heterocycles. The van der Waals surface area contributed by atoms with Crippen molar-refractivity contribution in [1.82, 2.24) is 10.3 Å². The summed E-state index contributed by atoms with van der Waals surface area (Å²) in [6, 6.07) is 3.84. The quantitative estimate of drug-likeness (QED) is 0.875. The van der Waals surface area contributed by atoms with Crippen LogP contribution >= 0.6 is 0 Å². The summed E-state index contributed by atoms with van der Waals surface area (Å²) in [6.07, 6.45) is 5.16. The number of carbonyl (C=O) groups is 2. The van der Waals surface area contributed by atoms with Crippen LogP contribution in [0.15, 0.2) is 18.3 Å². The van der Waals surface area contributed by atoms with Crippen LogP contribution in [-0.2, 0) is 9.59 Å². The lowest BCUT2D eigenvalue weighted by Crippen LogP contribution is -2.40. The van der Waals surface area contributed by atoms with Gasteiger partial charge < -0.3 is 15.5 Å². The Hall–Kier alpha value is -2.11. The second-order valence-corrected chi connectivity index (χ2v) is 5.63. The predicted molar refractivity (Wildman–Crippen MR) is 80.0 cm³/mol. The highest BCUT2D eigenvalue weighted by atomic mass is 16.2. The summed E-state index contributed by atoms with van der Waals surface area (Å²) in [5.74, 6) is 0.790. The van der Waals surface area contributed by atoms with E-state index in [2.05, 4.69) is 20.5 Å². The Labute approximate surface area is 123 Å². The Kier molecular flexibility index (Phi) is 4.03. The van der Waals surface area contributed by atoms with Crippen molar-refractivity contribution < 1.29 is 9.59 Å². The molecule has 2 fully saturated rings. The highest BCUT2D eigenvalue weighted by molar-refractivity contribution is 5.94. The van der Waals surface area contributed by atoms with E-state index < -0.39 is 0 Å². The van der Waals surface area contributed by atoms with Crippen LogP contribution in [0.1, 0.15) is 25.7 Å². The number of amides is 2. The summed E-state index contributed by atoms with van der Waals surface area (Å²) in [7, 11) is 0. The Morgan fingerprint density at radius 2 is 2.14 bits per heavy atom. The van der Waals surface area contributed by atoms with Gasteiger partial charge in [0.1, 0.15) is 5.82 Å². The molecular weight excluding hydrogens is 268 g/mol. The van der Waals surface area contributed by atoms with E-state index in [-0.39, 0.29) is 17.7 Å². The molecule has 0 bridgehead atoms. The van der Waals surface area contributed by atoms with Crippen LogP contribution in [0.25, 0.3) is 0 Å². The molecular formula is C15H20N4O2. The van der Waals surface area contributed by atoms with Crippen molar-refractivity contribution >= 4 is 23.3 Å². The SMILES string of the molecule is O=C1CCC(C(=O)Nc2ccc(N3CCCC3)nc2)CN1. The van der Waals surface area contributed by atoms with E-state index in [1.165, 1.54) is 12.8 Å². The molecule has 2 aliphatic rings. The van der Waals surface area contributed by atoms with E-state index in [1.807, 2.05) is 12.1 Å². The van der Waals surface area contributed by atoms with Gasteiger partial charge in [0.05, 0.1) is 17.8 Å². The number of nitrogens with one attached hydrogen (secondary N) is 2. The van der Waals surface area contributed by atoms with Gasteiger partial charge >= 0.3 is 0 Å². The van der Waals surface area contributed by atoms with E-state index in [1.54, 1.807) is 6.20 Å². The molecule has 6 nitrogen and oxygen atoms in total. The van der Waals surface area contributed by atoms with Gasteiger partial charge in [0.2, 0.25) is 11.8 Å². The van der Waals surface area contributed by atoms with Crippen LogP contribution in [0.4, 0.5) is 11.5 Å². The number of piperidine rings is 1. The van der Waals surface area contributed by atoms with Crippen molar-refractivity contribution in [2.75, 3.05) is 29.9 Å². The van der Waals surface area contributed by atoms with Crippen molar-refractivity contribution in [3.8, 4) is 0 Å². The number of rotatable bonds is 3. The molecule has 21 heavy (non-hydrogen) atoms. The van der Waals surface area contributed by atoms with E-state index in [9.17, 15) is 9.59 Å². The van der Waals surface area contributed by atoms with E-state index in [4.69, 9.17) is 0 Å². The lowest BCUT2D eigenvalue weighted by atomic mass is 9.98. The summed E-state index contributed by atoms with van der Waals surface area (Å²) in [6.45, 7) is 2.53. The molecule has 1 aromatic heterocycles. The molecule has 0 aliphatic carbocycles. The lowest BCUT2D eigenvalue weighted by molar-refractivity contribution is -0.126. The Morgan fingerprint density at radius 1 is 1.33 bits per heavy atom. The van der Waals surface area contributed by atoms with Crippen molar-refractivity contribution in [1.29, 1.82) is 0 Å². The van der Waals surface area contributed by atoms with E-state index in [0.717, 1.165) is 18.9 Å². The fourth-order valence-corrected chi connectivity index (χ4v) is 2.79. The lowest BCUT2D eigenvalue weighted by Gasteiger charge is -2.21. The molecule has 0 saturated carbocycles. The first-order valence-corrected chi connectivity index (χ1v) is 7.51. The number of hydrogen-bond donors (Lipinski definition) is 2. The minimum atomic E-state index is -0.152. The summed E-state index contributed by atoms with van der Waals surface area (Å²) in [5.41, 5.74) is 0.708. The average Bonchev–Trinajstić information content (AvgIpc) is 3.03. The first-order chi connectivity index (χ1) is 10.2. The van der Waals surface area contributed by atoms with Crippen LogP contribution in [0.3, 0.4) is 0 Å². The zero-order valence-electron chi connectivity index (χ0n) is 12.0. The highest BCUT2D eigenvalue weighted by Gasteiger charge is 2.24. The first kappa shape index (κ1) is 13.9. The molecule has 1 unspecified atom stereocenters. The van der Waals surface area contributed by atoms with Gasteiger partial charge in [-0.1, -0.05) is 0 Å². The van der Waals surface area contributed by atoms with E-state index in [0.29, 0.717) is 25.1 Å². The third-order valence-electron chi connectivity index (χ3n) is 4.08. The van der Waals surface area contributed by atoms with Crippen LogP contribution in [0, 0.1) is 5.92 Å². The largest absolute Gasteiger partial charge is 0.357 e. The molecule has 0 radical (unpaired) electrons. The zero-order chi connectivity index (χ0) is 14.7. The summed E-state index contributed by atoms with van der Waals surface area (Å²) in [5, 5.41) is 5.60. The molecule has 1 atom stereocenters. The normalized spacial score (nSPS) is 22.0. The molecule has 2 N–H and O–H groups in total. The predicted octanol–water partition coefficient (Wildman–Crippen LogP) is 1.15. The fraction of sp³-hybridized carbons (Fsp3) is 0.533. The minimum absolute atomic E-state index is 0.0238. The number of nitrogens with zero attached hydrogens (tertiary/aromatic N) is 2. The van der Waals surface area contributed by atoms with Gasteiger partial charge in [-0.2, -0.15) is 0 Å². The molecule has 2 amide bonds. The maximum Gasteiger partial charge on any atom is 0.229 e. The molecule has 3 rings (SSSR count). The standard InChI is InChI=1S/C15H20N4O2/c20-14-6-3-11(9-17-14)15(21)18-12-4-5-13(16-10-12)19-7-1-2-8-19/h4-5,10-11H,1-3,6-9H2,(H,17,20)(H,18,21). The molecule has 112 valence electrons. The third kappa shape index (κ3) is 3.32. The van der Waals surface area contributed by atoms with Crippen LogP contribution < -0.4 is 15.5 Å². The van der Waals surface area contributed by atoms with Crippen molar-refractivity contribution in [3.63, 3.8) is 0 Å². The number of hydrogen-bond acceptors (Lipinski definition) is 4. The van der Waals surface area contributed by atoms with Gasteiger partial charge in [-0.25, -0.2) is 4.98 Å². The highest BCUT2D eigenvalue weighted by Crippen LogP contribution is 2.20. The van der Waals surface area contributed by atoms with Crippen LogP contribution in [-0.4, -0.2) is 36.4 Å². The molecule has 3 heterocycles.